The molecule has 1 heterocycles. The fourth-order valence-electron chi connectivity index (χ4n) is 3.77. The summed E-state index contributed by atoms with van der Waals surface area (Å²) in [5.41, 5.74) is 4.27. The van der Waals surface area contributed by atoms with Crippen molar-refractivity contribution in [2.24, 2.45) is 0 Å². The summed E-state index contributed by atoms with van der Waals surface area (Å²) in [6.07, 6.45) is 0. The van der Waals surface area contributed by atoms with Crippen molar-refractivity contribution in [3.63, 3.8) is 0 Å². The van der Waals surface area contributed by atoms with E-state index in [2.05, 4.69) is 0 Å². The van der Waals surface area contributed by atoms with Crippen LogP contribution in [0.25, 0.3) is 5.57 Å². The van der Waals surface area contributed by atoms with Gasteiger partial charge in [0, 0.05) is 18.1 Å². The molecule has 0 aromatic heterocycles. The van der Waals surface area contributed by atoms with E-state index in [4.69, 9.17) is 11.6 Å². The number of halogens is 1. The third kappa shape index (κ3) is 4.12. The molecule has 0 unspecified atom stereocenters. The van der Waals surface area contributed by atoms with E-state index >= 15 is 0 Å². The number of anilines is 1. The number of carbonyl (C=O) groups excluding carboxylic acids is 2. The molecule has 0 N–H and O–H groups in total. The van der Waals surface area contributed by atoms with Crippen LogP contribution >= 0.6 is 11.6 Å². The molecule has 156 valence electrons. The summed E-state index contributed by atoms with van der Waals surface area (Å²) >= 11 is 6.02. The molecule has 0 atom stereocenters. The third-order valence-electron chi connectivity index (χ3n) is 5.40. The van der Waals surface area contributed by atoms with E-state index < -0.39 is 0 Å². The maximum Gasteiger partial charge on any atom is 0.282 e. The zero-order valence-electron chi connectivity index (χ0n) is 17.5. The lowest BCUT2D eigenvalue weighted by Gasteiger charge is -2.25. The molecule has 0 saturated heterocycles. The molecule has 0 spiro atoms. The smallest absolute Gasteiger partial charge is 0.282 e. The van der Waals surface area contributed by atoms with Crippen LogP contribution in [0.1, 0.15) is 23.6 Å². The first kappa shape index (κ1) is 20.9. The average Bonchev–Trinajstić information content (AvgIpc) is 3.04. The number of rotatable bonds is 6. The number of benzene rings is 3. The molecule has 31 heavy (non-hydrogen) atoms. The van der Waals surface area contributed by atoms with Crippen molar-refractivity contribution in [2.45, 2.75) is 20.4 Å². The lowest BCUT2D eigenvalue weighted by atomic mass is 10.0. The number of likely N-dealkylation sites (N-methyl/N-ethyl adjacent to an activating group) is 1. The van der Waals surface area contributed by atoms with Gasteiger partial charge < -0.3 is 4.90 Å². The summed E-state index contributed by atoms with van der Waals surface area (Å²) in [6, 6.07) is 24.4. The van der Waals surface area contributed by atoms with Crippen LogP contribution in [-0.4, -0.2) is 23.3 Å². The minimum Gasteiger partial charge on any atom is -0.362 e. The largest absolute Gasteiger partial charge is 0.362 e. The van der Waals surface area contributed by atoms with Crippen LogP contribution in [0.3, 0.4) is 0 Å². The molecule has 0 fully saturated rings. The Kier molecular flexibility index (Phi) is 5.92. The normalized spacial score (nSPS) is 13.8. The van der Waals surface area contributed by atoms with Gasteiger partial charge in [-0.15, -0.1) is 0 Å². The number of aryl methyl sites for hydroxylation is 1. The van der Waals surface area contributed by atoms with Gasteiger partial charge in [-0.3, -0.25) is 9.59 Å². The molecule has 0 aliphatic carbocycles. The predicted molar refractivity (Wildman–Crippen MR) is 125 cm³/mol. The Hall–Kier alpha value is -3.37. The van der Waals surface area contributed by atoms with Gasteiger partial charge in [0.05, 0.1) is 11.3 Å². The van der Waals surface area contributed by atoms with Crippen LogP contribution in [0.5, 0.6) is 0 Å². The number of nitrogens with zero attached hydrogens (tertiary/aromatic N) is 2. The zero-order chi connectivity index (χ0) is 22.0. The number of hydrogen-bond donors (Lipinski definition) is 0. The van der Waals surface area contributed by atoms with E-state index in [1.54, 1.807) is 24.3 Å². The van der Waals surface area contributed by atoms with Gasteiger partial charge >= 0.3 is 0 Å². The lowest BCUT2D eigenvalue weighted by Crippen LogP contribution is -2.35. The number of amides is 2. The first-order valence-corrected chi connectivity index (χ1v) is 10.6. The Morgan fingerprint density at radius 3 is 2.10 bits per heavy atom. The van der Waals surface area contributed by atoms with Crippen LogP contribution in [0.15, 0.2) is 84.6 Å². The van der Waals surface area contributed by atoms with E-state index in [0.29, 0.717) is 35.1 Å². The molecule has 1 aliphatic rings. The van der Waals surface area contributed by atoms with Gasteiger partial charge in [-0.1, -0.05) is 71.8 Å². The fraction of sp³-hybridized carbons (Fsp3) is 0.154. The molecule has 0 radical (unpaired) electrons. The molecule has 0 saturated carbocycles. The number of imide groups is 1. The highest BCUT2D eigenvalue weighted by Crippen LogP contribution is 2.35. The summed E-state index contributed by atoms with van der Waals surface area (Å²) in [6.45, 7) is 5.11. The van der Waals surface area contributed by atoms with Crippen LogP contribution < -0.4 is 4.90 Å². The maximum absolute atomic E-state index is 13.6. The fourth-order valence-corrected chi connectivity index (χ4v) is 3.90. The number of carbonyl (C=O) groups is 2. The van der Waals surface area contributed by atoms with E-state index in [1.165, 1.54) is 4.90 Å². The standard InChI is InChI=1S/C26H23ClN2O2/c1-3-28(17-19-7-5-4-6-8-19)24-23(20-11-9-18(2)10-12-20)25(30)29(26(24)31)22-15-13-21(27)14-16-22/h4-16H,3,17H2,1-2H3. The van der Waals surface area contributed by atoms with Gasteiger partial charge in [0.25, 0.3) is 11.8 Å². The lowest BCUT2D eigenvalue weighted by molar-refractivity contribution is -0.120. The highest BCUT2D eigenvalue weighted by molar-refractivity contribution is 6.45. The molecule has 5 heteroatoms. The summed E-state index contributed by atoms with van der Waals surface area (Å²) < 4.78 is 0. The van der Waals surface area contributed by atoms with Gasteiger partial charge in [-0.2, -0.15) is 0 Å². The Morgan fingerprint density at radius 2 is 1.48 bits per heavy atom. The minimum absolute atomic E-state index is 0.319. The Labute approximate surface area is 187 Å². The molecule has 2 amide bonds. The van der Waals surface area contributed by atoms with Gasteiger partial charge in [0.2, 0.25) is 0 Å². The summed E-state index contributed by atoms with van der Waals surface area (Å²) in [5, 5.41) is 0.550. The van der Waals surface area contributed by atoms with Crippen molar-refractivity contribution >= 4 is 34.7 Å². The average molecular weight is 431 g/mol. The molecular weight excluding hydrogens is 408 g/mol. The van der Waals surface area contributed by atoms with E-state index in [9.17, 15) is 9.59 Å². The van der Waals surface area contributed by atoms with Crippen molar-refractivity contribution in [3.8, 4) is 0 Å². The molecule has 0 bridgehead atoms. The molecule has 3 aromatic rings. The van der Waals surface area contributed by atoms with Crippen molar-refractivity contribution in [1.82, 2.24) is 4.90 Å². The van der Waals surface area contributed by atoms with Crippen molar-refractivity contribution in [1.29, 1.82) is 0 Å². The minimum atomic E-state index is -0.322. The van der Waals surface area contributed by atoms with Crippen LogP contribution in [0.2, 0.25) is 5.02 Å². The second-order valence-electron chi connectivity index (χ2n) is 7.51. The van der Waals surface area contributed by atoms with Crippen LogP contribution in [-0.2, 0) is 16.1 Å². The van der Waals surface area contributed by atoms with Crippen molar-refractivity contribution in [2.75, 3.05) is 11.4 Å². The first-order chi connectivity index (χ1) is 15.0. The molecule has 4 nitrogen and oxygen atoms in total. The quantitative estimate of drug-likeness (QED) is 0.488. The second kappa shape index (κ2) is 8.78. The van der Waals surface area contributed by atoms with E-state index in [-0.39, 0.29) is 11.8 Å². The highest BCUT2D eigenvalue weighted by Gasteiger charge is 2.42. The van der Waals surface area contributed by atoms with Crippen LogP contribution in [0, 0.1) is 6.92 Å². The van der Waals surface area contributed by atoms with Crippen molar-refractivity contribution < 1.29 is 9.59 Å². The monoisotopic (exact) mass is 430 g/mol. The Bertz CT molecular complexity index is 1140. The van der Waals surface area contributed by atoms with Gasteiger partial charge in [0.1, 0.15) is 5.70 Å². The molecule has 4 rings (SSSR count). The predicted octanol–water partition coefficient (Wildman–Crippen LogP) is 5.46. The van der Waals surface area contributed by atoms with Crippen molar-refractivity contribution in [3.05, 3.63) is 106 Å². The van der Waals surface area contributed by atoms with E-state index in [0.717, 1.165) is 16.7 Å². The topological polar surface area (TPSA) is 40.6 Å². The first-order valence-electron chi connectivity index (χ1n) is 10.2. The summed E-state index contributed by atoms with van der Waals surface area (Å²) in [5.74, 6) is -0.640. The molecular formula is C26H23ClN2O2. The maximum atomic E-state index is 13.6. The second-order valence-corrected chi connectivity index (χ2v) is 7.95. The third-order valence-corrected chi connectivity index (χ3v) is 5.65. The summed E-state index contributed by atoms with van der Waals surface area (Å²) in [4.78, 5) is 30.4. The number of hydrogen-bond acceptors (Lipinski definition) is 3. The molecule has 1 aliphatic heterocycles. The Balaban J connectivity index is 1.82. The SMILES string of the molecule is CCN(Cc1ccccc1)C1=C(c2ccc(C)cc2)C(=O)N(c2ccc(Cl)cc2)C1=O. The Morgan fingerprint density at radius 1 is 0.839 bits per heavy atom. The van der Waals surface area contributed by atoms with Gasteiger partial charge in [-0.05, 0) is 49.2 Å². The highest BCUT2D eigenvalue weighted by atomic mass is 35.5. The van der Waals surface area contributed by atoms with Gasteiger partial charge in [-0.25, -0.2) is 4.90 Å². The van der Waals surface area contributed by atoms with E-state index in [1.807, 2.05) is 73.3 Å². The zero-order valence-corrected chi connectivity index (χ0v) is 18.3. The summed E-state index contributed by atoms with van der Waals surface area (Å²) in [7, 11) is 0. The molecule has 3 aromatic carbocycles. The van der Waals surface area contributed by atoms with Crippen LogP contribution in [0.4, 0.5) is 5.69 Å². The van der Waals surface area contributed by atoms with Gasteiger partial charge in [0.15, 0.2) is 0 Å².